The Labute approximate surface area is 53.3 Å². The average Bonchev–Trinajstić information content (AvgIpc) is 1.59. The van der Waals surface area contributed by atoms with Gasteiger partial charge in [0.15, 0.2) is 0 Å². The van der Waals surface area contributed by atoms with E-state index < -0.39 is 6.16 Å². The van der Waals surface area contributed by atoms with Crippen molar-refractivity contribution in [3.8, 4) is 0 Å². The van der Waals surface area contributed by atoms with Crippen LogP contribution in [0.2, 0.25) is 0 Å². The van der Waals surface area contributed by atoms with Gasteiger partial charge in [-0.2, -0.15) is 0 Å². The molecule has 1 aliphatic rings. The van der Waals surface area contributed by atoms with Crippen molar-refractivity contribution in [3.63, 3.8) is 0 Å². The molecule has 0 fully saturated rings. The lowest BCUT2D eigenvalue weighted by Gasteiger charge is -2.15. The quantitative estimate of drug-likeness (QED) is 0.463. The molecule has 1 heterocycles. The minimum Gasteiger partial charge on any atom is -0.427 e. The van der Waals surface area contributed by atoms with E-state index in [2.05, 4.69) is 9.47 Å². The van der Waals surface area contributed by atoms with Crippen molar-refractivity contribution >= 4 is 6.16 Å². The molecule has 0 aliphatic carbocycles. The zero-order chi connectivity index (χ0) is 6.85. The summed E-state index contributed by atoms with van der Waals surface area (Å²) in [6.45, 7) is 3.50. The molecule has 9 heavy (non-hydrogen) atoms. The fraction of sp³-hybridized carbons (Fsp3) is 0.500. The predicted octanol–water partition coefficient (Wildman–Crippen LogP) is 1.45. The van der Waals surface area contributed by atoms with Crippen molar-refractivity contribution in [2.45, 2.75) is 20.0 Å². The largest absolute Gasteiger partial charge is 0.514 e. The first-order valence-corrected chi connectivity index (χ1v) is 2.75. The number of ether oxygens (including phenoxy) is 2. The molecule has 0 saturated heterocycles. The SMILES string of the molecule is CC1=CC(C)OC(=O)O1. The first-order chi connectivity index (χ1) is 4.18. The van der Waals surface area contributed by atoms with Crippen LogP contribution in [0.3, 0.4) is 0 Å². The summed E-state index contributed by atoms with van der Waals surface area (Å²) < 4.78 is 9.18. The second-order valence-corrected chi connectivity index (χ2v) is 1.95. The molecule has 0 spiro atoms. The molecule has 0 N–H and O–H groups in total. The molecule has 0 bridgehead atoms. The predicted molar refractivity (Wildman–Crippen MR) is 30.8 cm³/mol. The molecular formula is C6H8O3. The van der Waals surface area contributed by atoms with Gasteiger partial charge in [-0.3, -0.25) is 0 Å². The number of allylic oxidation sites excluding steroid dienone is 1. The van der Waals surface area contributed by atoms with Gasteiger partial charge in [0, 0.05) is 0 Å². The number of carbonyl (C=O) groups excluding carboxylic acids is 1. The lowest BCUT2D eigenvalue weighted by Crippen LogP contribution is -2.19. The molecule has 50 valence electrons. The highest BCUT2D eigenvalue weighted by Crippen LogP contribution is 2.09. The van der Waals surface area contributed by atoms with Crippen molar-refractivity contribution in [1.29, 1.82) is 0 Å². The Morgan fingerprint density at radius 1 is 1.67 bits per heavy atom. The molecule has 0 saturated carbocycles. The Balaban J connectivity index is 2.67. The van der Waals surface area contributed by atoms with Crippen LogP contribution in [0.4, 0.5) is 4.79 Å². The number of carbonyl (C=O) groups is 1. The highest BCUT2D eigenvalue weighted by Gasteiger charge is 2.15. The number of rotatable bonds is 0. The molecule has 0 aromatic carbocycles. The summed E-state index contributed by atoms with van der Waals surface area (Å²) in [5.74, 6) is 0.610. The monoisotopic (exact) mass is 128 g/mol. The van der Waals surface area contributed by atoms with Gasteiger partial charge < -0.3 is 9.47 Å². The van der Waals surface area contributed by atoms with Crippen LogP contribution in [0.25, 0.3) is 0 Å². The van der Waals surface area contributed by atoms with Crippen LogP contribution in [0, 0.1) is 0 Å². The van der Waals surface area contributed by atoms with E-state index >= 15 is 0 Å². The third kappa shape index (κ3) is 1.45. The van der Waals surface area contributed by atoms with Crippen LogP contribution in [0.1, 0.15) is 13.8 Å². The highest BCUT2D eigenvalue weighted by molar-refractivity contribution is 5.62. The van der Waals surface area contributed by atoms with E-state index in [9.17, 15) is 4.79 Å². The van der Waals surface area contributed by atoms with Gasteiger partial charge in [-0.1, -0.05) is 0 Å². The third-order valence-electron chi connectivity index (χ3n) is 0.996. The smallest absolute Gasteiger partial charge is 0.427 e. The fourth-order valence-corrected chi connectivity index (χ4v) is 0.706. The fourth-order valence-electron chi connectivity index (χ4n) is 0.706. The summed E-state index contributed by atoms with van der Waals surface area (Å²) in [5, 5.41) is 0. The molecule has 1 unspecified atom stereocenters. The van der Waals surface area contributed by atoms with Crippen LogP contribution >= 0.6 is 0 Å². The average molecular weight is 128 g/mol. The van der Waals surface area contributed by atoms with E-state index in [1.165, 1.54) is 0 Å². The second-order valence-electron chi connectivity index (χ2n) is 1.95. The highest BCUT2D eigenvalue weighted by atomic mass is 16.7. The molecule has 3 heteroatoms. The summed E-state index contributed by atoms with van der Waals surface area (Å²) in [7, 11) is 0. The standard InChI is InChI=1S/C6H8O3/c1-4-3-5(2)9-6(7)8-4/h3-4H,1-2H3. The van der Waals surface area contributed by atoms with Crippen molar-refractivity contribution < 1.29 is 14.3 Å². The van der Waals surface area contributed by atoms with Crippen LogP contribution < -0.4 is 0 Å². The Morgan fingerprint density at radius 3 is 2.78 bits per heavy atom. The minimum absolute atomic E-state index is 0.147. The maximum absolute atomic E-state index is 10.4. The Hall–Kier alpha value is -0.990. The van der Waals surface area contributed by atoms with Gasteiger partial charge in [-0.05, 0) is 19.9 Å². The lowest BCUT2D eigenvalue weighted by molar-refractivity contribution is 0.0462. The first-order valence-electron chi connectivity index (χ1n) is 2.75. The molecule has 0 radical (unpaired) electrons. The second kappa shape index (κ2) is 2.09. The topological polar surface area (TPSA) is 35.5 Å². The summed E-state index contributed by atoms with van der Waals surface area (Å²) in [4.78, 5) is 10.4. The summed E-state index contributed by atoms with van der Waals surface area (Å²) in [5.41, 5.74) is 0. The van der Waals surface area contributed by atoms with Crippen molar-refractivity contribution in [2.24, 2.45) is 0 Å². The zero-order valence-electron chi connectivity index (χ0n) is 5.38. The molecule has 0 amide bonds. The molecule has 0 aromatic heterocycles. The van der Waals surface area contributed by atoms with E-state index in [-0.39, 0.29) is 6.10 Å². The number of hydrogen-bond acceptors (Lipinski definition) is 3. The van der Waals surface area contributed by atoms with Gasteiger partial charge >= 0.3 is 6.16 Å². The first kappa shape index (κ1) is 6.13. The molecule has 1 rings (SSSR count). The molecule has 3 nitrogen and oxygen atoms in total. The molecule has 1 atom stereocenters. The van der Waals surface area contributed by atoms with Crippen LogP contribution in [-0.4, -0.2) is 12.3 Å². The number of hydrogen-bond donors (Lipinski definition) is 0. The Kier molecular flexibility index (Phi) is 1.42. The lowest BCUT2D eigenvalue weighted by atomic mass is 10.3. The van der Waals surface area contributed by atoms with Gasteiger partial charge in [-0.25, -0.2) is 4.79 Å². The Bertz CT molecular complexity index is 160. The van der Waals surface area contributed by atoms with Crippen molar-refractivity contribution in [2.75, 3.05) is 0 Å². The molecular weight excluding hydrogens is 120 g/mol. The van der Waals surface area contributed by atoms with E-state index in [0.29, 0.717) is 5.76 Å². The summed E-state index contributed by atoms with van der Waals surface area (Å²) in [6, 6.07) is 0. The maximum atomic E-state index is 10.4. The van der Waals surface area contributed by atoms with Gasteiger partial charge in [0.05, 0.1) is 0 Å². The minimum atomic E-state index is -0.609. The van der Waals surface area contributed by atoms with Gasteiger partial charge in [0.1, 0.15) is 11.9 Å². The van der Waals surface area contributed by atoms with Crippen molar-refractivity contribution in [1.82, 2.24) is 0 Å². The molecule has 0 aromatic rings. The van der Waals surface area contributed by atoms with Gasteiger partial charge in [-0.15, -0.1) is 0 Å². The van der Waals surface area contributed by atoms with Gasteiger partial charge in [0.2, 0.25) is 0 Å². The van der Waals surface area contributed by atoms with E-state index in [1.807, 2.05) is 0 Å². The van der Waals surface area contributed by atoms with Crippen LogP contribution in [0.15, 0.2) is 11.8 Å². The van der Waals surface area contributed by atoms with Crippen LogP contribution in [0.5, 0.6) is 0 Å². The Morgan fingerprint density at radius 2 is 2.33 bits per heavy atom. The zero-order valence-corrected chi connectivity index (χ0v) is 5.38. The van der Waals surface area contributed by atoms with E-state index in [1.54, 1.807) is 19.9 Å². The van der Waals surface area contributed by atoms with E-state index in [0.717, 1.165) is 0 Å². The molecule has 1 aliphatic heterocycles. The van der Waals surface area contributed by atoms with Crippen molar-refractivity contribution in [3.05, 3.63) is 11.8 Å². The van der Waals surface area contributed by atoms with Crippen LogP contribution in [-0.2, 0) is 9.47 Å². The normalized spacial score (nSPS) is 26.2. The summed E-state index contributed by atoms with van der Waals surface area (Å²) >= 11 is 0. The number of cyclic esters (lactones) is 2. The van der Waals surface area contributed by atoms with Gasteiger partial charge in [0.25, 0.3) is 0 Å². The maximum Gasteiger partial charge on any atom is 0.514 e. The van der Waals surface area contributed by atoms with E-state index in [4.69, 9.17) is 0 Å². The third-order valence-corrected chi connectivity index (χ3v) is 0.996. The summed E-state index contributed by atoms with van der Waals surface area (Å²) in [6.07, 6.45) is 0.982.